The molecule has 2 aromatic carbocycles. The average molecular weight is 351 g/mol. The SMILES string of the molecule is C[N+]12CCC(CC1)C(OC(=O)N(Cc1ccccc1)c1ccccc1)C2. The first-order chi connectivity index (χ1) is 12.6. The summed E-state index contributed by atoms with van der Waals surface area (Å²) in [5.41, 5.74) is 1.98. The maximum absolute atomic E-state index is 13.1. The molecule has 1 atom stereocenters. The second kappa shape index (κ2) is 7.12. The van der Waals surface area contributed by atoms with E-state index < -0.39 is 0 Å². The Bertz CT molecular complexity index is 739. The van der Waals surface area contributed by atoms with Gasteiger partial charge in [-0.1, -0.05) is 48.5 Å². The molecular weight excluding hydrogens is 324 g/mol. The van der Waals surface area contributed by atoms with E-state index in [1.54, 1.807) is 4.90 Å². The first-order valence-corrected chi connectivity index (χ1v) is 9.54. The molecule has 0 aromatic heterocycles. The highest BCUT2D eigenvalue weighted by Crippen LogP contribution is 2.34. The quantitative estimate of drug-likeness (QED) is 0.777. The first-order valence-electron chi connectivity index (χ1n) is 9.54. The number of carbonyl (C=O) groups excluding carboxylic acids is 1. The number of rotatable bonds is 4. The minimum Gasteiger partial charge on any atom is -0.440 e. The van der Waals surface area contributed by atoms with Crippen LogP contribution in [0.1, 0.15) is 18.4 Å². The summed E-state index contributed by atoms with van der Waals surface area (Å²) in [7, 11) is 2.29. The molecule has 3 aliphatic rings. The number of likely N-dealkylation sites (N-methyl/N-ethyl adjacent to an activating group) is 1. The van der Waals surface area contributed by atoms with Crippen molar-refractivity contribution in [1.82, 2.24) is 0 Å². The fraction of sp³-hybridized carbons (Fsp3) is 0.409. The zero-order chi connectivity index (χ0) is 18.0. The predicted molar refractivity (Wildman–Crippen MR) is 103 cm³/mol. The molecule has 5 rings (SSSR count). The molecule has 4 heteroatoms. The maximum atomic E-state index is 13.1. The van der Waals surface area contributed by atoms with Crippen LogP contribution in [0.25, 0.3) is 0 Å². The van der Waals surface area contributed by atoms with Crippen LogP contribution in [-0.4, -0.2) is 43.4 Å². The van der Waals surface area contributed by atoms with Crippen LogP contribution >= 0.6 is 0 Å². The standard InChI is InChI=1S/C22H27N2O2/c1-24-14-12-19(13-15-24)21(17-24)26-22(25)23(20-10-6-3-7-11-20)16-18-8-4-2-5-9-18/h2-11,19,21H,12-17H2,1H3/q+1. The van der Waals surface area contributed by atoms with Crippen molar-refractivity contribution >= 4 is 11.8 Å². The van der Waals surface area contributed by atoms with Crippen molar-refractivity contribution in [3.8, 4) is 0 Å². The third-order valence-corrected chi connectivity index (χ3v) is 5.95. The lowest BCUT2D eigenvalue weighted by molar-refractivity contribution is -0.928. The van der Waals surface area contributed by atoms with Gasteiger partial charge in [0.2, 0.25) is 0 Å². The number of ether oxygens (including phenoxy) is 1. The molecule has 3 saturated heterocycles. The lowest BCUT2D eigenvalue weighted by Crippen LogP contribution is -2.62. The van der Waals surface area contributed by atoms with Gasteiger partial charge in [0, 0.05) is 24.4 Å². The van der Waals surface area contributed by atoms with Gasteiger partial charge in [-0.2, -0.15) is 0 Å². The van der Waals surface area contributed by atoms with Crippen LogP contribution in [0.5, 0.6) is 0 Å². The molecule has 3 aliphatic heterocycles. The summed E-state index contributed by atoms with van der Waals surface area (Å²) in [5, 5.41) is 0. The molecule has 2 bridgehead atoms. The number of nitrogens with zero attached hydrogens (tertiary/aromatic N) is 2. The van der Waals surface area contributed by atoms with Crippen molar-refractivity contribution < 1.29 is 14.0 Å². The Morgan fingerprint density at radius 3 is 2.27 bits per heavy atom. The van der Waals surface area contributed by atoms with Crippen molar-refractivity contribution in [3.05, 3.63) is 66.2 Å². The summed E-state index contributed by atoms with van der Waals surface area (Å²) in [6.45, 7) is 3.90. The number of hydrogen-bond acceptors (Lipinski definition) is 2. The van der Waals surface area contributed by atoms with Crippen LogP contribution in [0.2, 0.25) is 0 Å². The highest BCUT2D eigenvalue weighted by molar-refractivity contribution is 5.87. The molecule has 0 saturated carbocycles. The molecule has 26 heavy (non-hydrogen) atoms. The summed E-state index contributed by atoms with van der Waals surface area (Å²) in [6, 6.07) is 19.9. The van der Waals surface area contributed by atoms with Gasteiger partial charge in [0.05, 0.1) is 26.7 Å². The summed E-state index contributed by atoms with van der Waals surface area (Å²) in [4.78, 5) is 14.9. The van der Waals surface area contributed by atoms with Crippen molar-refractivity contribution in [2.45, 2.75) is 25.5 Å². The average Bonchev–Trinajstić information content (AvgIpc) is 2.67. The van der Waals surface area contributed by atoms with Crippen LogP contribution in [0.3, 0.4) is 0 Å². The first kappa shape index (κ1) is 17.1. The highest BCUT2D eigenvalue weighted by Gasteiger charge is 2.45. The molecule has 1 amide bonds. The van der Waals surface area contributed by atoms with Gasteiger partial charge in [0.25, 0.3) is 0 Å². The molecule has 136 valence electrons. The molecule has 0 radical (unpaired) electrons. The number of benzene rings is 2. The summed E-state index contributed by atoms with van der Waals surface area (Å²) in [5.74, 6) is 0.522. The number of hydrogen-bond donors (Lipinski definition) is 0. The van der Waals surface area contributed by atoms with Gasteiger partial charge in [-0.15, -0.1) is 0 Å². The monoisotopic (exact) mass is 351 g/mol. The number of carbonyl (C=O) groups is 1. The molecule has 0 N–H and O–H groups in total. The minimum absolute atomic E-state index is 0.0389. The molecule has 1 unspecified atom stereocenters. The van der Waals surface area contributed by atoms with Gasteiger partial charge >= 0.3 is 6.09 Å². The van der Waals surface area contributed by atoms with E-state index in [1.165, 1.54) is 25.9 Å². The fourth-order valence-corrected chi connectivity index (χ4v) is 4.31. The molecule has 2 aromatic rings. The molecule has 0 aliphatic carbocycles. The summed E-state index contributed by atoms with van der Waals surface area (Å²) in [6.07, 6.45) is 2.14. The van der Waals surface area contributed by atoms with Crippen LogP contribution in [-0.2, 0) is 11.3 Å². The topological polar surface area (TPSA) is 29.5 Å². The van der Waals surface area contributed by atoms with E-state index in [4.69, 9.17) is 4.74 Å². The Balaban J connectivity index is 1.53. The maximum Gasteiger partial charge on any atom is 0.415 e. The summed E-state index contributed by atoms with van der Waals surface area (Å²) < 4.78 is 7.09. The summed E-state index contributed by atoms with van der Waals surface area (Å²) >= 11 is 0. The van der Waals surface area contributed by atoms with E-state index in [2.05, 4.69) is 7.05 Å². The minimum atomic E-state index is -0.231. The number of amides is 1. The van der Waals surface area contributed by atoms with Crippen molar-refractivity contribution in [1.29, 1.82) is 0 Å². The highest BCUT2D eigenvalue weighted by atomic mass is 16.6. The number of quaternary nitrogens is 1. The number of piperidine rings is 3. The molecule has 4 nitrogen and oxygen atoms in total. The van der Waals surface area contributed by atoms with E-state index in [0.717, 1.165) is 22.3 Å². The number of para-hydroxylation sites is 1. The Hall–Kier alpha value is -2.33. The largest absolute Gasteiger partial charge is 0.440 e. The normalized spacial score (nSPS) is 27.1. The Labute approximate surface area is 155 Å². The lowest BCUT2D eigenvalue weighted by atomic mass is 9.84. The Morgan fingerprint density at radius 2 is 1.65 bits per heavy atom. The number of fused-ring (bicyclic) bond motifs is 3. The smallest absolute Gasteiger partial charge is 0.415 e. The van der Waals surface area contributed by atoms with E-state index >= 15 is 0 Å². The van der Waals surface area contributed by atoms with Gasteiger partial charge in [0.1, 0.15) is 6.54 Å². The van der Waals surface area contributed by atoms with Crippen LogP contribution in [0.4, 0.5) is 10.5 Å². The molecule has 3 heterocycles. The zero-order valence-corrected chi connectivity index (χ0v) is 15.4. The van der Waals surface area contributed by atoms with E-state index in [-0.39, 0.29) is 12.2 Å². The third kappa shape index (κ3) is 3.61. The molecular formula is C22H27N2O2+. The van der Waals surface area contributed by atoms with Crippen LogP contribution < -0.4 is 4.90 Å². The Morgan fingerprint density at radius 1 is 1.04 bits per heavy atom. The molecule has 0 spiro atoms. The van der Waals surface area contributed by atoms with E-state index in [9.17, 15) is 4.79 Å². The van der Waals surface area contributed by atoms with Crippen molar-refractivity contribution in [2.75, 3.05) is 31.6 Å². The van der Waals surface area contributed by atoms with Crippen LogP contribution in [0, 0.1) is 5.92 Å². The van der Waals surface area contributed by atoms with Gasteiger partial charge in [0.15, 0.2) is 6.10 Å². The van der Waals surface area contributed by atoms with Crippen molar-refractivity contribution in [3.63, 3.8) is 0 Å². The van der Waals surface area contributed by atoms with Gasteiger partial charge in [-0.05, 0) is 17.7 Å². The van der Waals surface area contributed by atoms with E-state index in [1.807, 2.05) is 60.7 Å². The number of anilines is 1. The predicted octanol–water partition coefficient (Wildman–Crippen LogP) is 4.07. The second-order valence-electron chi connectivity index (χ2n) is 7.92. The second-order valence-corrected chi connectivity index (χ2v) is 7.92. The lowest BCUT2D eigenvalue weighted by Gasteiger charge is -2.49. The fourth-order valence-electron chi connectivity index (χ4n) is 4.31. The van der Waals surface area contributed by atoms with Crippen molar-refractivity contribution in [2.24, 2.45) is 5.92 Å². The van der Waals surface area contributed by atoms with Gasteiger partial charge in [-0.25, -0.2) is 4.79 Å². The molecule has 3 fully saturated rings. The van der Waals surface area contributed by atoms with Gasteiger partial charge < -0.3 is 9.22 Å². The third-order valence-electron chi connectivity index (χ3n) is 5.95. The Kier molecular flexibility index (Phi) is 4.68. The van der Waals surface area contributed by atoms with Gasteiger partial charge in [-0.3, -0.25) is 4.90 Å². The van der Waals surface area contributed by atoms with E-state index in [0.29, 0.717) is 12.5 Å². The van der Waals surface area contributed by atoms with Crippen LogP contribution in [0.15, 0.2) is 60.7 Å². The zero-order valence-electron chi connectivity index (χ0n) is 15.4.